The fraction of sp³-hybridized carbons (Fsp3) is 0.286. The molecule has 1 aromatic heterocycles. The van der Waals surface area contributed by atoms with Crippen LogP contribution < -0.4 is 16.6 Å². The third-order valence-electron chi connectivity index (χ3n) is 3.02. The topological polar surface area (TPSA) is 56.0 Å². The third kappa shape index (κ3) is 2.59. The zero-order chi connectivity index (χ0) is 14.2. The molecule has 100 valence electrons. The van der Waals surface area contributed by atoms with E-state index in [-0.39, 0.29) is 11.2 Å². The first-order chi connectivity index (χ1) is 8.88. The molecule has 2 rings (SSSR count). The Hall–Kier alpha value is -2.30. The highest BCUT2D eigenvalue weighted by molar-refractivity contribution is 5.58. The summed E-state index contributed by atoms with van der Waals surface area (Å²) in [7, 11) is 3.10. The van der Waals surface area contributed by atoms with Crippen molar-refractivity contribution in [2.75, 3.05) is 5.32 Å². The van der Waals surface area contributed by atoms with Crippen LogP contribution in [-0.4, -0.2) is 9.13 Å². The van der Waals surface area contributed by atoms with Crippen LogP contribution in [0.5, 0.6) is 0 Å². The second-order valence-corrected chi connectivity index (χ2v) is 4.77. The van der Waals surface area contributed by atoms with E-state index in [4.69, 9.17) is 0 Å². The van der Waals surface area contributed by atoms with Gasteiger partial charge in [-0.1, -0.05) is 6.07 Å². The number of anilines is 2. The molecule has 1 aromatic carbocycles. The number of nitrogens with zero attached hydrogens (tertiary/aromatic N) is 2. The zero-order valence-corrected chi connectivity index (χ0v) is 11.5. The molecule has 19 heavy (non-hydrogen) atoms. The summed E-state index contributed by atoms with van der Waals surface area (Å²) in [5.74, 6) is 0.484. The van der Waals surface area contributed by atoms with Crippen molar-refractivity contribution in [2.45, 2.75) is 13.8 Å². The van der Waals surface area contributed by atoms with Gasteiger partial charge >= 0.3 is 5.69 Å². The molecule has 5 nitrogen and oxygen atoms in total. The normalized spacial score (nSPS) is 10.5. The quantitative estimate of drug-likeness (QED) is 0.888. The minimum atomic E-state index is -0.348. The van der Waals surface area contributed by atoms with Gasteiger partial charge in [0.05, 0.1) is 0 Å². The molecule has 0 fully saturated rings. The highest BCUT2D eigenvalue weighted by Crippen LogP contribution is 2.17. The Morgan fingerprint density at radius 1 is 0.895 bits per heavy atom. The average Bonchev–Trinajstić information content (AvgIpc) is 2.32. The molecule has 0 atom stereocenters. The molecule has 0 spiro atoms. The van der Waals surface area contributed by atoms with E-state index in [1.165, 1.54) is 17.7 Å². The number of benzene rings is 1. The van der Waals surface area contributed by atoms with Crippen molar-refractivity contribution in [3.8, 4) is 0 Å². The van der Waals surface area contributed by atoms with Crippen LogP contribution in [0.3, 0.4) is 0 Å². The summed E-state index contributed by atoms with van der Waals surface area (Å²) in [6, 6.07) is 7.41. The lowest BCUT2D eigenvalue weighted by molar-refractivity contribution is 0.692. The Bertz CT molecular complexity index is 721. The third-order valence-corrected chi connectivity index (χ3v) is 3.02. The molecule has 1 heterocycles. The summed E-state index contributed by atoms with van der Waals surface area (Å²) in [6.07, 6.45) is 0. The van der Waals surface area contributed by atoms with Gasteiger partial charge in [-0.3, -0.25) is 13.9 Å². The van der Waals surface area contributed by atoms with Gasteiger partial charge in [-0.05, 0) is 37.1 Å². The van der Waals surface area contributed by atoms with E-state index in [2.05, 4.69) is 11.4 Å². The molecular formula is C14H17N3O2. The molecule has 0 radical (unpaired) electrons. The van der Waals surface area contributed by atoms with E-state index < -0.39 is 0 Å². The van der Waals surface area contributed by atoms with Crippen LogP contribution >= 0.6 is 0 Å². The second-order valence-electron chi connectivity index (χ2n) is 4.77. The maximum Gasteiger partial charge on any atom is 0.332 e. The van der Waals surface area contributed by atoms with Gasteiger partial charge in [-0.2, -0.15) is 0 Å². The highest BCUT2D eigenvalue weighted by Gasteiger charge is 2.06. The van der Waals surface area contributed by atoms with E-state index in [0.717, 1.165) is 21.4 Å². The van der Waals surface area contributed by atoms with Gasteiger partial charge < -0.3 is 5.32 Å². The van der Waals surface area contributed by atoms with Crippen LogP contribution in [0.1, 0.15) is 11.1 Å². The molecule has 0 aliphatic rings. The first kappa shape index (κ1) is 13.1. The lowest BCUT2D eigenvalue weighted by Crippen LogP contribution is -2.37. The van der Waals surface area contributed by atoms with E-state index in [1.807, 2.05) is 26.0 Å². The van der Waals surface area contributed by atoms with Gasteiger partial charge in [0.25, 0.3) is 5.56 Å². The van der Waals surface area contributed by atoms with Crippen LogP contribution in [0.15, 0.2) is 33.9 Å². The van der Waals surface area contributed by atoms with E-state index in [1.54, 1.807) is 7.05 Å². The molecular weight excluding hydrogens is 242 g/mol. The van der Waals surface area contributed by atoms with Gasteiger partial charge in [0, 0.05) is 25.8 Å². The van der Waals surface area contributed by atoms with Crippen LogP contribution in [0, 0.1) is 13.8 Å². The summed E-state index contributed by atoms with van der Waals surface area (Å²) in [4.78, 5) is 23.5. The minimum Gasteiger partial charge on any atom is -0.341 e. The van der Waals surface area contributed by atoms with Crippen LogP contribution in [0.25, 0.3) is 0 Å². The van der Waals surface area contributed by atoms with E-state index in [0.29, 0.717) is 5.82 Å². The maximum atomic E-state index is 11.8. The SMILES string of the molecule is Cc1cc(C)cc(Nc2cc(=O)n(C)c(=O)n2C)c1. The molecule has 1 N–H and O–H groups in total. The number of nitrogens with one attached hydrogen (secondary N) is 1. The Balaban J connectivity index is 2.50. The van der Waals surface area contributed by atoms with Crippen molar-refractivity contribution < 1.29 is 0 Å². The van der Waals surface area contributed by atoms with Gasteiger partial charge in [0.15, 0.2) is 0 Å². The predicted octanol–water partition coefficient (Wildman–Crippen LogP) is 1.44. The van der Waals surface area contributed by atoms with Crippen molar-refractivity contribution >= 4 is 11.5 Å². The summed E-state index contributed by atoms with van der Waals surface area (Å²) in [5, 5.41) is 3.11. The molecule has 5 heteroatoms. The lowest BCUT2D eigenvalue weighted by atomic mass is 10.1. The highest BCUT2D eigenvalue weighted by atomic mass is 16.2. The number of hydrogen-bond acceptors (Lipinski definition) is 3. The zero-order valence-electron chi connectivity index (χ0n) is 11.5. The average molecular weight is 259 g/mol. The van der Waals surface area contributed by atoms with Crippen LogP contribution in [-0.2, 0) is 14.1 Å². The first-order valence-electron chi connectivity index (χ1n) is 6.01. The molecule has 0 aliphatic carbocycles. The molecule has 0 saturated heterocycles. The van der Waals surface area contributed by atoms with E-state index >= 15 is 0 Å². The smallest absolute Gasteiger partial charge is 0.332 e. The van der Waals surface area contributed by atoms with Crippen LogP contribution in [0.4, 0.5) is 11.5 Å². The maximum absolute atomic E-state index is 11.8. The molecule has 0 aliphatic heterocycles. The summed E-state index contributed by atoms with van der Waals surface area (Å²) < 4.78 is 2.49. The van der Waals surface area contributed by atoms with E-state index in [9.17, 15) is 9.59 Å². The molecule has 0 bridgehead atoms. The number of aryl methyl sites for hydroxylation is 2. The lowest BCUT2D eigenvalue weighted by Gasteiger charge is -2.12. The standard InChI is InChI=1S/C14H17N3O2/c1-9-5-10(2)7-11(6-9)15-12-8-13(18)17(4)14(19)16(12)3/h5-8,15H,1-4H3. The minimum absolute atomic E-state index is 0.324. The molecule has 0 unspecified atom stereocenters. The number of aromatic nitrogens is 2. The first-order valence-corrected chi connectivity index (χ1v) is 6.01. The predicted molar refractivity (Wildman–Crippen MR) is 76.1 cm³/mol. The Labute approximate surface area is 111 Å². The fourth-order valence-corrected chi connectivity index (χ4v) is 2.05. The van der Waals surface area contributed by atoms with Crippen molar-refractivity contribution in [3.63, 3.8) is 0 Å². The summed E-state index contributed by atoms with van der Waals surface area (Å²) >= 11 is 0. The molecule has 0 amide bonds. The van der Waals surface area contributed by atoms with Gasteiger partial charge in [-0.15, -0.1) is 0 Å². The van der Waals surface area contributed by atoms with Gasteiger partial charge in [0.2, 0.25) is 0 Å². The van der Waals surface area contributed by atoms with Crippen molar-refractivity contribution in [3.05, 3.63) is 56.2 Å². The van der Waals surface area contributed by atoms with Crippen LogP contribution in [0.2, 0.25) is 0 Å². The number of hydrogen-bond donors (Lipinski definition) is 1. The Morgan fingerprint density at radius 2 is 1.47 bits per heavy atom. The largest absolute Gasteiger partial charge is 0.341 e. The van der Waals surface area contributed by atoms with Crippen molar-refractivity contribution in [2.24, 2.45) is 14.1 Å². The summed E-state index contributed by atoms with van der Waals surface area (Å²) in [5.41, 5.74) is 2.43. The summed E-state index contributed by atoms with van der Waals surface area (Å²) in [6.45, 7) is 4.00. The Kier molecular flexibility index (Phi) is 3.29. The molecule has 2 aromatic rings. The number of rotatable bonds is 2. The van der Waals surface area contributed by atoms with Crippen molar-refractivity contribution in [1.82, 2.24) is 9.13 Å². The van der Waals surface area contributed by atoms with Gasteiger partial charge in [0.1, 0.15) is 5.82 Å². The van der Waals surface area contributed by atoms with Crippen molar-refractivity contribution in [1.29, 1.82) is 0 Å². The molecule has 0 saturated carbocycles. The Morgan fingerprint density at radius 3 is 2.05 bits per heavy atom. The van der Waals surface area contributed by atoms with Gasteiger partial charge in [-0.25, -0.2) is 4.79 Å². The second kappa shape index (κ2) is 4.76. The fourth-order valence-electron chi connectivity index (χ4n) is 2.05. The monoisotopic (exact) mass is 259 g/mol.